The largest absolute Gasteiger partial charge is 0.332 e. The molecular formula is C19H15N5O3. The molecule has 0 atom stereocenters. The average molecular weight is 361 g/mol. The Kier molecular flexibility index (Phi) is 3.80. The zero-order valence-corrected chi connectivity index (χ0v) is 14.6. The number of carbonyl (C=O) groups is 1. The number of benzene rings is 1. The van der Waals surface area contributed by atoms with Crippen molar-refractivity contribution in [2.75, 3.05) is 5.32 Å². The van der Waals surface area contributed by atoms with Crippen molar-refractivity contribution in [2.45, 2.75) is 0 Å². The van der Waals surface area contributed by atoms with Crippen molar-refractivity contribution in [2.24, 2.45) is 14.1 Å². The van der Waals surface area contributed by atoms with Crippen molar-refractivity contribution in [1.29, 1.82) is 0 Å². The number of rotatable bonds is 2. The minimum atomic E-state index is -0.498. The summed E-state index contributed by atoms with van der Waals surface area (Å²) in [7, 11) is 2.91. The molecule has 0 radical (unpaired) electrons. The predicted molar refractivity (Wildman–Crippen MR) is 102 cm³/mol. The number of anilines is 1. The monoisotopic (exact) mass is 361 g/mol. The maximum Gasteiger partial charge on any atom is 0.332 e. The summed E-state index contributed by atoms with van der Waals surface area (Å²) < 4.78 is 2.25. The number of fused-ring (bicyclic) bond motifs is 2. The van der Waals surface area contributed by atoms with Crippen molar-refractivity contribution in [1.82, 2.24) is 19.1 Å². The van der Waals surface area contributed by atoms with Crippen LogP contribution in [0.15, 0.2) is 58.4 Å². The fraction of sp³-hybridized carbons (Fsp3) is 0.105. The molecule has 0 aliphatic carbocycles. The number of para-hydroxylation sites is 1. The number of amides is 1. The Labute approximate surface area is 152 Å². The van der Waals surface area contributed by atoms with Crippen LogP contribution in [0.4, 0.5) is 5.69 Å². The molecular weight excluding hydrogens is 346 g/mol. The lowest BCUT2D eigenvalue weighted by Gasteiger charge is -2.09. The lowest BCUT2D eigenvalue weighted by Crippen LogP contribution is -2.37. The molecule has 27 heavy (non-hydrogen) atoms. The van der Waals surface area contributed by atoms with Crippen molar-refractivity contribution in [3.8, 4) is 0 Å². The van der Waals surface area contributed by atoms with Crippen molar-refractivity contribution >= 4 is 33.5 Å². The van der Waals surface area contributed by atoms with Gasteiger partial charge in [-0.3, -0.25) is 23.7 Å². The molecule has 0 saturated carbocycles. The zero-order chi connectivity index (χ0) is 19.1. The average Bonchev–Trinajstić information content (AvgIpc) is 2.70. The number of carbonyl (C=O) groups excluding carboxylic acids is 1. The van der Waals surface area contributed by atoms with Crippen LogP contribution in [-0.4, -0.2) is 25.0 Å². The third kappa shape index (κ3) is 2.77. The summed E-state index contributed by atoms with van der Waals surface area (Å²) in [5, 5.41) is 3.85. The van der Waals surface area contributed by atoms with Crippen molar-refractivity contribution in [3.05, 3.63) is 75.2 Å². The Morgan fingerprint density at radius 2 is 1.78 bits per heavy atom. The number of hydrogen-bond donors (Lipinski definition) is 1. The summed E-state index contributed by atoms with van der Waals surface area (Å²) in [5.41, 5.74) is 0.833. The minimum Gasteiger partial charge on any atom is -0.321 e. The highest BCUT2D eigenvalue weighted by molar-refractivity contribution is 6.06. The molecule has 3 heterocycles. The molecule has 1 N–H and O–H groups in total. The maximum absolute atomic E-state index is 12.6. The van der Waals surface area contributed by atoms with E-state index in [-0.39, 0.29) is 16.6 Å². The number of aryl methyl sites for hydroxylation is 1. The fourth-order valence-corrected chi connectivity index (χ4v) is 2.93. The lowest BCUT2D eigenvalue weighted by atomic mass is 10.2. The lowest BCUT2D eigenvalue weighted by molar-refractivity contribution is 0.102. The molecule has 0 fully saturated rings. The van der Waals surface area contributed by atoms with Gasteiger partial charge in [-0.1, -0.05) is 18.2 Å². The first-order valence-corrected chi connectivity index (χ1v) is 8.17. The summed E-state index contributed by atoms with van der Waals surface area (Å²) in [6.07, 6.45) is 2.91. The van der Waals surface area contributed by atoms with E-state index in [0.717, 1.165) is 15.5 Å². The third-order valence-electron chi connectivity index (χ3n) is 4.40. The van der Waals surface area contributed by atoms with Gasteiger partial charge in [0.2, 0.25) is 0 Å². The second-order valence-electron chi connectivity index (χ2n) is 6.17. The van der Waals surface area contributed by atoms with Gasteiger partial charge in [0.1, 0.15) is 5.65 Å². The quantitative estimate of drug-likeness (QED) is 0.582. The molecule has 4 aromatic rings. The van der Waals surface area contributed by atoms with Crippen LogP contribution >= 0.6 is 0 Å². The first-order valence-electron chi connectivity index (χ1n) is 8.17. The summed E-state index contributed by atoms with van der Waals surface area (Å²) >= 11 is 0. The molecule has 0 unspecified atom stereocenters. The standard InChI is InChI=1S/C19H15N5O3/c1-23-16-14(18(26)24(2)19(23)27)8-12(9-21-16)17(25)22-13-7-11-5-3-4-6-15(11)20-10-13/h3-10H,1-2H3,(H,22,25). The SMILES string of the molecule is Cn1c(=O)c2cc(C(=O)Nc3cnc4ccccc4c3)cnc2n(C)c1=O. The molecule has 8 nitrogen and oxygen atoms in total. The molecule has 1 amide bonds. The molecule has 0 aliphatic rings. The van der Waals surface area contributed by atoms with Crippen LogP contribution in [0.3, 0.4) is 0 Å². The second-order valence-corrected chi connectivity index (χ2v) is 6.17. The summed E-state index contributed by atoms with van der Waals surface area (Å²) in [6.45, 7) is 0. The number of hydrogen-bond acceptors (Lipinski definition) is 5. The van der Waals surface area contributed by atoms with Crippen molar-refractivity contribution in [3.63, 3.8) is 0 Å². The molecule has 134 valence electrons. The Bertz CT molecular complexity index is 1340. The maximum atomic E-state index is 12.6. The van der Waals surface area contributed by atoms with E-state index in [2.05, 4.69) is 15.3 Å². The zero-order valence-electron chi connectivity index (χ0n) is 14.6. The van der Waals surface area contributed by atoms with Crippen LogP contribution in [-0.2, 0) is 14.1 Å². The number of nitrogens with zero attached hydrogens (tertiary/aromatic N) is 4. The van der Waals surface area contributed by atoms with Gasteiger partial charge in [-0.2, -0.15) is 0 Å². The normalized spacial score (nSPS) is 11.0. The molecule has 0 aliphatic heterocycles. The van der Waals surface area contributed by atoms with Gasteiger partial charge < -0.3 is 5.32 Å². The molecule has 1 aromatic carbocycles. The van der Waals surface area contributed by atoms with E-state index in [1.54, 1.807) is 6.20 Å². The molecule has 0 saturated heterocycles. The topological polar surface area (TPSA) is 98.9 Å². The van der Waals surface area contributed by atoms with E-state index in [1.807, 2.05) is 30.3 Å². The second kappa shape index (κ2) is 6.17. The van der Waals surface area contributed by atoms with Gasteiger partial charge >= 0.3 is 5.69 Å². The molecule has 4 rings (SSSR count). The van der Waals surface area contributed by atoms with Gasteiger partial charge in [0.25, 0.3) is 11.5 Å². The van der Waals surface area contributed by atoms with Crippen LogP contribution in [0.5, 0.6) is 0 Å². The smallest absolute Gasteiger partial charge is 0.321 e. The van der Waals surface area contributed by atoms with Crippen LogP contribution in [0, 0.1) is 0 Å². The van der Waals surface area contributed by atoms with E-state index in [4.69, 9.17) is 0 Å². The molecule has 0 spiro atoms. The third-order valence-corrected chi connectivity index (χ3v) is 4.40. The first kappa shape index (κ1) is 16.6. The summed E-state index contributed by atoms with van der Waals surface area (Å²) in [4.78, 5) is 45.3. The Balaban J connectivity index is 1.74. The van der Waals surface area contributed by atoms with Crippen LogP contribution in [0.1, 0.15) is 10.4 Å². The van der Waals surface area contributed by atoms with E-state index in [1.165, 1.54) is 30.9 Å². The van der Waals surface area contributed by atoms with E-state index < -0.39 is 17.2 Å². The highest BCUT2D eigenvalue weighted by Crippen LogP contribution is 2.17. The molecule has 8 heteroatoms. The van der Waals surface area contributed by atoms with E-state index in [0.29, 0.717) is 5.69 Å². The van der Waals surface area contributed by atoms with Crippen LogP contribution in [0.25, 0.3) is 21.9 Å². The van der Waals surface area contributed by atoms with Crippen LogP contribution < -0.4 is 16.6 Å². The Morgan fingerprint density at radius 1 is 1.00 bits per heavy atom. The Morgan fingerprint density at radius 3 is 2.59 bits per heavy atom. The highest BCUT2D eigenvalue weighted by atomic mass is 16.2. The van der Waals surface area contributed by atoms with Gasteiger partial charge in [0, 0.05) is 25.7 Å². The van der Waals surface area contributed by atoms with Gasteiger partial charge in [0.05, 0.1) is 28.4 Å². The number of pyridine rings is 2. The van der Waals surface area contributed by atoms with Gasteiger partial charge in [0.15, 0.2) is 0 Å². The van der Waals surface area contributed by atoms with E-state index in [9.17, 15) is 14.4 Å². The first-order chi connectivity index (χ1) is 13.0. The number of nitrogens with one attached hydrogen (secondary N) is 1. The molecule has 3 aromatic heterocycles. The minimum absolute atomic E-state index is 0.198. The van der Waals surface area contributed by atoms with E-state index >= 15 is 0 Å². The van der Waals surface area contributed by atoms with Gasteiger partial charge in [-0.25, -0.2) is 9.78 Å². The molecule has 0 bridgehead atoms. The summed E-state index contributed by atoms with van der Waals surface area (Å²) in [6, 6.07) is 10.8. The highest BCUT2D eigenvalue weighted by Gasteiger charge is 2.14. The van der Waals surface area contributed by atoms with Crippen LogP contribution in [0.2, 0.25) is 0 Å². The summed E-state index contributed by atoms with van der Waals surface area (Å²) in [5.74, 6) is -0.419. The number of aromatic nitrogens is 4. The van der Waals surface area contributed by atoms with Gasteiger partial charge in [-0.15, -0.1) is 0 Å². The predicted octanol–water partition coefficient (Wildman–Crippen LogP) is 1.43. The van der Waals surface area contributed by atoms with Crippen molar-refractivity contribution < 1.29 is 4.79 Å². The fourth-order valence-electron chi connectivity index (χ4n) is 2.93. The van der Waals surface area contributed by atoms with Gasteiger partial charge in [-0.05, 0) is 18.2 Å². The Hall–Kier alpha value is -3.81.